The van der Waals surface area contributed by atoms with E-state index in [4.69, 9.17) is 14.6 Å². The van der Waals surface area contributed by atoms with Crippen LogP contribution >= 0.6 is 0 Å². The van der Waals surface area contributed by atoms with Crippen molar-refractivity contribution in [3.63, 3.8) is 0 Å². The maximum Gasteiger partial charge on any atom is 0.335 e. The number of aryl methyl sites for hydroxylation is 1. The van der Waals surface area contributed by atoms with Crippen molar-refractivity contribution in [1.29, 1.82) is 0 Å². The SMILES string of the molecule is Cc1cc(NC(=O)CCOCC2CCCO2)ccc1C(=O)O. The zero-order valence-electron chi connectivity index (χ0n) is 12.6. The van der Waals surface area contributed by atoms with Crippen molar-refractivity contribution in [2.75, 3.05) is 25.1 Å². The fourth-order valence-corrected chi connectivity index (χ4v) is 2.36. The van der Waals surface area contributed by atoms with E-state index in [9.17, 15) is 9.59 Å². The van der Waals surface area contributed by atoms with Gasteiger partial charge >= 0.3 is 5.97 Å². The molecular weight excluding hydrogens is 286 g/mol. The molecule has 0 spiro atoms. The fraction of sp³-hybridized carbons (Fsp3) is 0.500. The molecular formula is C16H21NO5. The molecule has 0 saturated carbocycles. The summed E-state index contributed by atoms with van der Waals surface area (Å²) in [7, 11) is 0. The number of carbonyl (C=O) groups is 2. The Balaban J connectivity index is 1.72. The second-order valence-corrected chi connectivity index (χ2v) is 5.34. The highest BCUT2D eigenvalue weighted by atomic mass is 16.5. The van der Waals surface area contributed by atoms with Gasteiger partial charge in [-0.15, -0.1) is 0 Å². The quantitative estimate of drug-likeness (QED) is 0.754. The Morgan fingerprint density at radius 3 is 2.91 bits per heavy atom. The summed E-state index contributed by atoms with van der Waals surface area (Å²) >= 11 is 0. The van der Waals surface area contributed by atoms with E-state index in [1.807, 2.05) is 0 Å². The van der Waals surface area contributed by atoms with E-state index in [0.717, 1.165) is 19.4 Å². The molecule has 22 heavy (non-hydrogen) atoms. The number of carbonyl (C=O) groups excluding carboxylic acids is 1. The van der Waals surface area contributed by atoms with Gasteiger partial charge in [-0.3, -0.25) is 4.79 Å². The minimum atomic E-state index is -0.974. The Morgan fingerprint density at radius 2 is 2.27 bits per heavy atom. The van der Waals surface area contributed by atoms with Crippen LogP contribution in [-0.4, -0.2) is 42.9 Å². The summed E-state index contributed by atoms with van der Waals surface area (Å²) in [5.41, 5.74) is 1.43. The van der Waals surface area contributed by atoms with Crippen LogP contribution in [-0.2, 0) is 14.3 Å². The summed E-state index contributed by atoms with van der Waals surface area (Å²) in [6.45, 7) is 3.36. The third-order valence-electron chi connectivity index (χ3n) is 3.54. The topological polar surface area (TPSA) is 84.9 Å². The van der Waals surface area contributed by atoms with Crippen molar-refractivity contribution < 1.29 is 24.2 Å². The van der Waals surface area contributed by atoms with Gasteiger partial charge in [-0.2, -0.15) is 0 Å². The number of benzene rings is 1. The Hall–Kier alpha value is -1.92. The van der Waals surface area contributed by atoms with Gasteiger partial charge in [-0.1, -0.05) is 0 Å². The Labute approximate surface area is 129 Å². The van der Waals surface area contributed by atoms with Crippen LogP contribution < -0.4 is 5.32 Å². The van der Waals surface area contributed by atoms with E-state index in [2.05, 4.69) is 5.32 Å². The van der Waals surface area contributed by atoms with Gasteiger partial charge in [-0.05, 0) is 43.5 Å². The first-order valence-corrected chi connectivity index (χ1v) is 7.39. The molecule has 1 aromatic rings. The van der Waals surface area contributed by atoms with E-state index in [0.29, 0.717) is 24.5 Å². The largest absolute Gasteiger partial charge is 0.478 e. The summed E-state index contributed by atoms with van der Waals surface area (Å²) < 4.78 is 10.9. The summed E-state index contributed by atoms with van der Waals surface area (Å²) in [4.78, 5) is 22.7. The van der Waals surface area contributed by atoms with Crippen LogP contribution in [0.4, 0.5) is 5.69 Å². The minimum absolute atomic E-state index is 0.158. The summed E-state index contributed by atoms with van der Waals surface area (Å²) in [6, 6.07) is 4.72. The number of aromatic carboxylic acids is 1. The highest BCUT2D eigenvalue weighted by molar-refractivity contribution is 5.93. The highest BCUT2D eigenvalue weighted by Gasteiger charge is 2.15. The second kappa shape index (κ2) is 7.91. The molecule has 1 unspecified atom stereocenters. The molecule has 1 fully saturated rings. The smallest absolute Gasteiger partial charge is 0.335 e. The third kappa shape index (κ3) is 4.82. The molecule has 1 aliphatic heterocycles. The molecule has 6 heteroatoms. The molecule has 0 bridgehead atoms. The molecule has 1 atom stereocenters. The number of hydrogen-bond acceptors (Lipinski definition) is 4. The molecule has 0 aliphatic carbocycles. The van der Waals surface area contributed by atoms with Gasteiger partial charge in [0.2, 0.25) is 5.91 Å². The van der Waals surface area contributed by atoms with Gasteiger partial charge < -0.3 is 19.9 Å². The van der Waals surface area contributed by atoms with Crippen molar-refractivity contribution in [2.24, 2.45) is 0 Å². The first-order valence-electron chi connectivity index (χ1n) is 7.39. The van der Waals surface area contributed by atoms with Crippen LogP contribution in [0.3, 0.4) is 0 Å². The molecule has 120 valence electrons. The van der Waals surface area contributed by atoms with Crippen molar-refractivity contribution in [3.8, 4) is 0 Å². The van der Waals surface area contributed by atoms with E-state index in [-0.39, 0.29) is 24.0 Å². The van der Waals surface area contributed by atoms with Crippen LogP contribution in [0.15, 0.2) is 18.2 Å². The average molecular weight is 307 g/mol. The maximum absolute atomic E-state index is 11.8. The Kier molecular flexibility index (Phi) is 5.91. The van der Waals surface area contributed by atoms with E-state index in [1.165, 1.54) is 6.07 Å². The normalized spacial score (nSPS) is 17.4. The first-order chi connectivity index (χ1) is 10.6. The van der Waals surface area contributed by atoms with Crippen molar-refractivity contribution in [1.82, 2.24) is 0 Å². The lowest BCUT2D eigenvalue weighted by atomic mass is 10.1. The first kappa shape index (κ1) is 16.5. The minimum Gasteiger partial charge on any atom is -0.478 e. The van der Waals surface area contributed by atoms with Gasteiger partial charge in [-0.25, -0.2) is 4.79 Å². The Bertz CT molecular complexity index is 537. The molecule has 1 heterocycles. The van der Waals surface area contributed by atoms with Crippen molar-refractivity contribution in [3.05, 3.63) is 29.3 Å². The lowest BCUT2D eigenvalue weighted by molar-refractivity contribution is -0.117. The molecule has 0 radical (unpaired) electrons. The lowest BCUT2D eigenvalue weighted by Crippen LogP contribution is -2.18. The van der Waals surface area contributed by atoms with Crippen molar-refractivity contribution in [2.45, 2.75) is 32.3 Å². The van der Waals surface area contributed by atoms with Crippen LogP contribution in [0.25, 0.3) is 0 Å². The molecule has 1 aliphatic rings. The monoisotopic (exact) mass is 307 g/mol. The van der Waals surface area contributed by atoms with Gasteiger partial charge in [0, 0.05) is 12.3 Å². The van der Waals surface area contributed by atoms with Crippen LogP contribution in [0, 0.1) is 6.92 Å². The zero-order valence-corrected chi connectivity index (χ0v) is 12.6. The van der Waals surface area contributed by atoms with Gasteiger partial charge in [0.15, 0.2) is 0 Å². The van der Waals surface area contributed by atoms with Gasteiger partial charge in [0.1, 0.15) is 0 Å². The number of hydrogen-bond donors (Lipinski definition) is 2. The molecule has 0 aromatic heterocycles. The number of nitrogens with one attached hydrogen (secondary N) is 1. The maximum atomic E-state index is 11.8. The second-order valence-electron chi connectivity index (χ2n) is 5.34. The standard InChI is InChI=1S/C16H21NO5/c1-11-9-12(4-5-14(11)16(19)20)17-15(18)6-8-21-10-13-3-2-7-22-13/h4-5,9,13H,2-3,6-8,10H2,1H3,(H,17,18)(H,19,20). The Morgan fingerprint density at radius 1 is 1.45 bits per heavy atom. The van der Waals surface area contributed by atoms with Crippen molar-refractivity contribution >= 4 is 17.6 Å². The van der Waals surface area contributed by atoms with Crippen LogP contribution in [0.5, 0.6) is 0 Å². The molecule has 1 amide bonds. The number of ether oxygens (including phenoxy) is 2. The lowest BCUT2D eigenvalue weighted by Gasteiger charge is -2.10. The number of rotatable bonds is 7. The fourth-order valence-electron chi connectivity index (χ4n) is 2.36. The van der Waals surface area contributed by atoms with Crippen LogP contribution in [0.2, 0.25) is 0 Å². The molecule has 1 saturated heterocycles. The number of anilines is 1. The van der Waals surface area contributed by atoms with Gasteiger partial charge in [0.25, 0.3) is 0 Å². The molecule has 2 N–H and O–H groups in total. The predicted octanol–water partition coefficient (Wildman–Crippen LogP) is 2.22. The highest BCUT2D eigenvalue weighted by Crippen LogP contribution is 2.15. The van der Waals surface area contributed by atoms with E-state index in [1.54, 1.807) is 19.1 Å². The number of carboxylic acids is 1. The zero-order chi connectivity index (χ0) is 15.9. The van der Waals surface area contributed by atoms with Gasteiger partial charge in [0.05, 0.1) is 31.3 Å². The molecule has 1 aromatic carbocycles. The molecule has 6 nitrogen and oxygen atoms in total. The third-order valence-corrected chi connectivity index (χ3v) is 3.54. The summed E-state index contributed by atoms with van der Waals surface area (Å²) in [6.07, 6.45) is 2.50. The summed E-state index contributed by atoms with van der Waals surface area (Å²) in [5, 5.41) is 11.7. The average Bonchev–Trinajstić information content (AvgIpc) is 2.96. The predicted molar refractivity (Wildman–Crippen MR) is 81.2 cm³/mol. The molecule has 2 rings (SSSR count). The number of carboxylic acid groups (broad SMARTS) is 1. The van der Waals surface area contributed by atoms with E-state index < -0.39 is 5.97 Å². The van der Waals surface area contributed by atoms with E-state index >= 15 is 0 Å². The summed E-state index contributed by atoms with van der Waals surface area (Å²) in [5.74, 6) is -1.13. The number of amides is 1. The van der Waals surface area contributed by atoms with Crippen LogP contribution in [0.1, 0.15) is 35.2 Å².